The van der Waals surface area contributed by atoms with E-state index in [0.717, 1.165) is 41.9 Å². The summed E-state index contributed by atoms with van der Waals surface area (Å²) in [5.41, 5.74) is 4.40. The lowest BCUT2D eigenvalue weighted by molar-refractivity contribution is -0.119. The van der Waals surface area contributed by atoms with Crippen molar-refractivity contribution in [2.75, 3.05) is 22.1 Å². The fourth-order valence-electron chi connectivity index (χ4n) is 3.05. The number of carbonyl (C=O) groups is 2. The first kappa shape index (κ1) is 17.0. The number of anilines is 3. The van der Waals surface area contributed by atoms with E-state index in [0.29, 0.717) is 12.1 Å². The van der Waals surface area contributed by atoms with E-state index in [1.165, 1.54) is 0 Å². The number of benzene rings is 2. The number of rotatable bonds is 3. The molecule has 0 unspecified atom stereocenters. The molecule has 2 aromatic carbocycles. The van der Waals surface area contributed by atoms with E-state index in [1.54, 1.807) is 0 Å². The van der Waals surface area contributed by atoms with Crippen LogP contribution in [0.1, 0.15) is 30.4 Å². The first-order valence-corrected chi connectivity index (χ1v) is 8.58. The minimum absolute atomic E-state index is 0.149. The Morgan fingerprint density at radius 2 is 1.76 bits per heavy atom. The van der Waals surface area contributed by atoms with Gasteiger partial charge in [-0.3, -0.25) is 4.79 Å². The molecular formula is C20H23N3O2. The molecule has 0 aliphatic carbocycles. The zero-order valence-corrected chi connectivity index (χ0v) is 14.6. The van der Waals surface area contributed by atoms with E-state index in [-0.39, 0.29) is 11.9 Å². The zero-order valence-electron chi connectivity index (χ0n) is 14.6. The Morgan fingerprint density at radius 3 is 2.48 bits per heavy atom. The molecule has 3 amide bonds. The minimum atomic E-state index is -0.301. The number of nitrogens with zero attached hydrogens (tertiary/aromatic N) is 1. The van der Waals surface area contributed by atoms with E-state index in [1.807, 2.05) is 61.2 Å². The maximum atomic E-state index is 12.2. The van der Waals surface area contributed by atoms with Crippen LogP contribution in [-0.4, -0.2) is 18.5 Å². The lowest BCUT2D eigenvalue weighted by atomic mass is 10.1. The van der Waals surface area contributed by atoms with Crippen LogP contribution in [0.3, 0.4) is 0 Å². The largest absolute Gasteiger partial charge is 0.323 e. The molecule has 1 saturated heterocycles. The van der Waals surface area contributed by atoms with Gasteiger partial charge in [-0.25, -0.2) is 4.79 Å². The summed E-state index contributed by atoms with van der Waals surface area (Å²) in [6.07, 6.45) is 2.55. The van der Waals surface area contributed by atoms with Gasteiger partial charge in [0.05, 0.1) is 0 Å². The molecule has 3 rings (SSSR count). The number of amides is 3. The molecule has 2 aromatic rings. The Balaban J connectivity index is 1.73. The summed E-state index contributed by atoms with van der Waals surface area (Å²) in [7, 11) is 0. The third-order valence-corrected chi connectivity index (χ3v) is 4.36. The lowest BCUT2D eigenvalue weighted by Gasteiger charge is -2.28. The number of urea groups is 1. The number of carbonyl (C=O) groups excluding carboxylic acids is 2. The molecule has 0 saturated carbocycles. The molecule has 5 nitrogen and oxygen atoms in total. The lowest BCUT2D eigenvalue weighted by Crippen LogP contribution is -2.35. The summed E-state index contributed by atoms with van der Waals surface area (Å²) in [5.74, 6) is 0.149. The van der Waals surface area contributed by atoms with Crippen molar-refractivity contribution in [3.8, 4) is 0 Å². The van der Waals surface area contributed by atoms with Crippen molar-refractivity contribution in [3.05, 3.63) is 53.6 Å². The summed E-state index contributed by atoms with van der Waals surface area (Å²) < 4.78 is 0. The molecule has 0 aromatic heterocycles. The van der Waals surface area contributed by atoms with E-state index >= 15 is 0 Å². The SMILES string of the molecule is Cc1cccc(NC(=O)Nc2ccc(C)c(N3CCCCC3=O)c2)c1. The van der Waals surface area contributed by atoms with Crippen LogP contribution in [0.25, 0.3) is 0 Å². The first-order valence-electron chi connectivity index (χ1n) is 8.58. The quantitative estimate of drug-likeness (QED) is 0.868. The molecule has 1 aliphatic heterocycles. The van der Waals surface area contributed by atoms with Gasteiger partial charge < -0.3 is 15.5 Å². The Bertz CT molecular complexity index is 801. The van der Waals surface area contributed by atoms with Crippen LogP contribution in [0.15, 0.2) is 42.5 Å². The molecule has 1 heterocycles. The zero-order chi connectivity index (χ0) is 17.8. The molecule has 1 fully saturated rings. The number of nitrogens with one attached hydrogen (secondary N) is 2. The Morgan fingerprint density at radius 1 is 1.00 bits per heavy atom. The highest BCUT2D eigenvalue weighted by Gasteiger charge is 2.21. The second-order valence-corrected chi connectivity index (χ2v) is 6.45. The minimum Gasteiger partial charge on any atom is -0.312 e. The first-order chi connectivity index (χ1) is 12.0. The normalized spacial score (nSPS) is 14.3. The van der Waals surface area contributed by atoms with Gasteiger partial charge in [-0.15, -0.1) is 0 Å². The number of aryl methyl sites for hydroxylation is 2. The van der Waals surface area contributed by atoms with Gasteiger partial charge in [0.2, 0.25) is 5.91 Å². The highest BCUT2D eigenvalue weighted by atomic mass is 16.2. The third-order valence-electron chi connectivity index (χ3n) is 4.36. The fraction of sp³-hybridized carbons (Fsp3) is 0.300. The van der Waals surface area contributed by atoms with Crippen LogP contribution >= 0.6 is 0 Å². The van der Waals surface area contributed by atoms with Crippen LogP contribution in [0.2, 0.25) is 0 Å². The van der Waals surface area contributed by atoms with Crippen LogP contribution in [0.5, 0.6) is 0 Å². The standard InChI is InChI=1S/C20H23N3O2/c1-14-6-5-7-16(12-14)21-20(25)22-17-10-9-15(2)18(13-17)23-11-4-3-8-19(23)24/h5-7,9-10,12-13H,3-4,8,11H2,1-2H3,(H2,21,22,25). The molecule has 0 bridgehead atoms. The van der Waals surface area contributed by atoms with Gasteiger partial charge in [-0.05, 0) is 62.1 Å². The van der Waals surface area contributed by atoms with Crippen LogP contribution < -0.4 is 15.5 Å². The summed E-state index contributed by atoms with van der Waals surface area (Å²) in [6, 6.07) is 13.0. The van der Waals surface area contributed by atoms with Crippen molar-refractivity contribution in [2.45, 2.75) is 33.1 Å². The second-order valence-electron chi connectivity index (χ2n) is 6.45. The highest BCUT2D eigenvalue weighted by molar-refractivity contribution is 6.01. The van der Waals surface area contributed by atoms with E-state index in [2.05, 4.69) is 10.6 Å². The van der Waals surface area contributed by atoms with Gasteiger partial charge in [0.15, 0.2) is 0 Å². The molecule has 0 spiro atoms. The van der Waals surface area contributed by atoms with Crippen LogP contribution in [-0.2, 0) is 4.79 Å². The van der Waals surface area contributed by atoms with Gasteiger partial charge in [-0.1, -0.05) is 18.2 Å². The van der Waals surface area contributed by atoms with Gasteiger partial charge >= 0.3 is 6.03 Å². The number of hydrogen-bond donors (Lipinski definition) is 2. The number of piperidine rings is 1. The molecule has 2 N–H and O–H groups in total. The fourth-order valence-corrected chi connectivity index (χ4v) is 3.05. The molecule has 5 heteroatoms. The molecule has 0 atom stereocenters. The Hall–Kier alpha value is -2.82. The van der Waals surface area contributed by atoms with E-state index in [4.69, 9.17) is 0 Å². The summed E-state index contributed by atoms with van der Waals surface area (Å²) >= 11 is 0. The third kappa shape index (κ3) is 4.18. The van der Waals surface area contributed by atoms with Crippen molar-refractivity contribution in [3.63, 3.8) is 0 Å². The second kappa shape index (κ2) is 7.38. The maximum Gasteiger partial charge on any atom is 0.323 e. The Labute approximate surface area is 148 Å². The summed E-state index contributed by atoms with van der Waals surface area (Å²) in [5, 5.41) is 5.67. The Kier molecular flexibility index (Phi) is 5.03. The van der Waals surface area contributed by atoms with Crippen LogP contribution in [0, 0.1) is 13.8 Å². The van der Waals surface area contributed by atoms with Crippen molar-refractivity contribution in [2.24, 2.45) is 0 Å². The summed E-state index contributed by atoms with van der Waals surface area (Å²) in [4.78, 5) is 26.2. The average Bonchev–Trinajstić information content (AvgIpc) is 2.57. The predicted molar refractivity (Wildman–Crippen MR) is 101 cm³/mol. The van der Waals surface area contributed by atoms with Crippen molar-refractivity contribution < 1.29 is 9.59 Å². The van der Waals surface area contributed by atoms with Crippen molar-refractivity contribution >= 4 is 29.0 Å². The highest BCUT2D eigenvalue weighted by Crippen LogP contribution is 2.27. The monoisotopic (exact) mass is 337 g/mol. The molecule has 0 radical (unpaired) electrons. The molecule has 1 aliphatic rings. The van der Waals surface area contributed by atoms with Gasteiger partial charge in [0.25, 0.3) is 0 Å². The van der Waals surface area contributed by atoms with E-state index < -0.39 is 0 Å². The number of hydrogen-bond acceptors (Lipinski definition) is 2. The topological polar surface area (TPSA) is 61.4 Å². The predicted octanol–water partition coefficient (Wildman–Crippen LogP) is 4.46. The molecular weight excluding hydrogens is 314 g/mol. The summed E-state index contributed by atoms with van der Waals surface area (Å²) in [6.45, 7) is 4.69. The molecule has 130 valence electrons. The van der Waals surface area contributed by atoms with Gasteiger partial charge in [0, 0.05) is 30.0 Å². The van der Waals surface area contributed by atoms with E-state index in [9.17, 15) is 9.59 Å². The average molecular weight is 337 g/mol. The molecule has 25 heavy (non-hydrogen) atoms. The van der Waals surface area contributed by atoms with Gasteiger partial charge in [-0.2, -0.15) is 0 Å². The van der Waals surface area contributed by atoms with Crippen LogP contribution in [0.4, 0.5) is 21.9 Å². The maximum absolute atomic E-state index is 12.2. The van der Waals surface area contributed by atoms with Crippen molar-refractivity contribution in [1.29, 1.82) is 0 Å². The smallest absolute Gasteiger partial charge is 0.312 e. The van der Waals surface area contributed by atoms with Gasteiger partial charge in [0.1, 0.15) is 0 Å². The van der Waals surface area contributed by atoms with Crippen molar-refractivity contribution in [1.82, 2.24) is 0 Å².